The van der Waals surface area contributed by atoms with E-state index in [1.165, 1.54) is 37.3 Å². The Hall–Kier alpha value is -1.33. The summed E-state index contributed by atoms with van der Waals surface area (Å²) in [5, 5.41) is 8.64. The SMILES string of the molecule is C/C(=C\c1ccc(S(=O)(=O)Cl)cc1)C(=O)O. The van der Waals surface area contributed by atoms with Crippen LogP contribution in [0.3, 0.4) is 0 Å². The minimum atomic E-state index is -3.73. The third kappa shape index (κ3) is 3.36. The van der Waals surface area contributed by atoms with Gasteiger partial charge in [0, 0.05) is 16.3 Å². The smallest absolute Gasteiger partial charge is 0.331 e. The van der Waals surface area contributed by atoms with Gasteiger partial charge in [-0.2, -0.15) is 0 Å². The standard InChI is InChI=1S/C10H9ClO4S/c1-7(10(12)13)6-8-2-4-9(5-3-8)16(11,14)15/h2-6H,1H3,(H,12,13)/b7-6+. The Morgan fingerprint density at radius 3 is 2.19 bits per heavy atom. The summed E-state index contributed by atoms with van der Waals surface area (Å²) < 4.78 is 21.9. The fourth-order valence-electron chi connectivity index (χ4n) is 1.04. The molecule has 0 spiro atoms. The lowest BCUT2D eigenvalue weighted by Gasteiger charge is -1.98. The van der Waals surface area contributed by atoms with Crippen molar-refractivity contribution in [2.45, 2.75) is 11.8 Å². The first-order valence-corrected chi connectivity index (χ1v) is 6.58. The molecular weight excluding hydrogens is 252 g/mol. The van der Waals surface area contributed by atoms with E-state index in [9.17, 15) is 13.2 Å². The van der Waals surface area contributed by atoms with Gasteiger partial charge in [-0.3, -0.25) is 0 Å². The van der Waals surface area contributed by atoms with Crippen LogP contribution in [0.25, 0.3) is 6.08 Å². The quantitative estimate of drug-likeness (QED) is 0.667. The van der Waals surface area contributed by atoms with E-state index in [0.717, 1.165) is 0 Å². The molecule has 0 aliphatic rings. The van der Waals surface area contributed by atoms with Gasteiger partial charge < -0.3 is 5.11 Å². The zero-order valence-electron chi connectivity index (χ0n) is 8.34. The van der Waals surface area contributed by atoms with Gasteiger partial charge in [0.2, 0.25) is 0 Å². The topological polar surface area (TPSA) is 71.4 Å². The minimum Gasteiger partial charge on any atom is -0.478 e. The highest BCUT2D eigenvalue weighted by molar-refractivity contribution is 8.13. The van der Waals surface area contributed by atoms with Gasteiger partial charge >= 0.3 is 5.97 Å². The van der Waals surface area contributed by atoms with Crippen LogP contribution >= 0.6 is 10.7 Å². The van der Waals surface area contributed by atoms with Crippen LogP contribution in [0.4, 0.5) is 0 Å². The van der Waals surface area contributed by atoms with E-state index < -0.39 is 15.0 Å². The summed E-state index contributed by atoms with van der Waals surface area (Å²) in [4.78, 5) is 10.5. The first kappa shape index (κ1) is 12.7. The van der Waals surface area contributed by atoms with Gasteiger partial charge in [0.1, 0.15) is 0 Å². The Kier molecular flexibility index (Phi) is 3.72. The van der Waals surface area contributed by atoms with Gasteiger partial charge in [0.15, 0.2) is 0 Å². The number of benzene rings is 1. The maximum atomic E-state index is 10.9. The second kappa shape index (κ2) is 4.67. The van der Waals surface area contributed by atoms with Gasteiger partial charge in [0.25, 0.3) is 9.05 Å². The molecule has 1 N–H and O–H groups in total. The van der Waals surface area contributed by atoms with Crippen LogP contribution in [0.15, 0.2) is 34.7 Å². The predicted octanol–water partition coefficient (Wildman–Crippen LogP) is 2.10. The molecule has 0 fully saturated rings. The lowest BCUT2D eigenvalue weighted by molar-refractivity contribution is -0.132. The molecule has 1 aromatic carbocycles. The van der Waals surface area contributed by atoms with E-state index in [4.69, 9.17) is 15.8 Å². The van der Waals surface area contributed by atoms with Gasteiger partial charge in [-0.15, -0.1) is 0 Å². The molecule has 1 aromatic rings. The molecule has 6 heteroatoms. The van der Waals surface area contributed by atoms with Crippen molar-refractivity contribution in [2.75, 3.05) is 0 Å². The number of aliphatic carboxylic acids is 1. The first-order chi connectivity index (χ1) is 7.30. The molecule has 0 atom stereocenters. The summed E-state index contributed by atoms with van der Waals surface area (Å²) in [6, 6.07) is 5.62. The average molecular weight is 261 g/mol. The molecule has 0 bridgehead atoms. The maximum Gasteiger partial charge on any atom is 0.331 e. The van der Waals surface area contributed by atoms with E-state index in [1.807, 2.05) is 0 Å². The highest BCUT2D eigenvalue weighted by Gasteiger charge is 2.08. The average Bonchev–Trinajstić information content (AvgIpc) is 2.17. The Morgan fingerprint density at radius 2 is 1.81 bits per heavy atom. The molecule has 0 unspecified atom stereocenters. The molecule has 16 heavy (non-hydrogen) atoms. The third-order valence-electron chi connectivity index (χ3n) is 1.88. The molecule has 0 saturated heterocycles. The van der Waals surface area contributed by atoms with Crippen molar-refractivity contribution < 1.29 is 18.3 Å². The van der Waals surface area contributed by atoms with Gasteiger partial charge in [-0.1, -0.05) is 12.1 Å². The summed E-state index contributed by atoms with van der Waals surface area (Å²) >= 11 is 0. The predicted molar refractivity (Wildman–Crippen MR) is 60.8 cm³/mol. The molecule has 0 heterocycles. The van der Waals surface area contributed by atoms with Crippen molar-refractivity contribution in [3.05, 3.63) is 35.4 Å². The van der Waals surface area contributed by atoms with E-state index >= 15 is 0 Å². The summed E-state index contributed by atoms with van der Waals surface area (Å²) in [6.07, 6.45) is 1.44. The third-order valence-corrected chi connectivity index (χ3v) is 3.25. The molecule has 86 valence electrons. The molecule has 0 aliphatic heterocycles. The largest absolute Gasteiger partial charge is 0.478 e. The highest BCUT2D eigenvalue weighted by Crippen LogP contribution is 2.16. The molecule has 0 radical (unpaired) electrons. The lowest BCUT2D eigenvalue weighted by Crippen LogP contribution is -1.95. The molecule has 4 nitrogen and oxygen atoms in total. The van der Waals surface area contributed by atoms with E-state index in [0.29, 0.717) is 5.56 Å². The second-order valence-corrected chi connectivity index (χ2v) is 5.71. The first-order valence-electron chi connectivity index (χ1n) is 4.27. The second-order valence-electron chi connectivity index (χ2n) is 3.14. The van der Waals surface area contributed by atoms with Crippen molar-refractivity contribution >= 4 is 31.8 Å². The Balaban J connectivity index is 3.06. The van der Waals surface area contributed by atoms with E-state index in [1.54, 1.807) is 0 Å². The van der Waals surface area contributed by atoms with Crippen molar-refractivity contribution in [3.63, 3.8) is 0 Å². The van der Waals surface area contributed by atoms with Crippen LogP contribution in [-0.2, 0) is 13.8 Å². The number of hydrogen-bond donors (Lipinski definition) is 1. The molecular formula is C10H9ClO4S. The van der Waals surface area contributed by atoms with Crippen LogP contribution in [0.1, 0.15) is 12.5 Å². The normalized spacial score (nSPS) is 12.5. The molecule has 1 rings (SSSR count). The van der Waals surface area contributed by atoms with Gasteiger partial charge in [-0.05, 0) is 30.7 Å². The molecule has 0 aromatic heterocycles. The number of hydrogen-bond acceptors (Lipinski definition) is 3. The van der Waals surface area contributed by atoms with Crippen LogP contribution in [0.2, 0.25) is 0 Å². The number of carboxylic acids is 1. The summed E-state index contributed by atoms with van der Waals surface area (Å²) in [5.41, 5.74) is 0.769. The lowest BCUT2D eigenvalue weighted by atomic mass is 10.1. The Morgan fingerprint density at radius 1 is 1.31 bits per heavy atom. The van der Waals surface area contributed by atoms with Crippen molar-refractivity contribution in [1.82, 2.24) is 0 Å². The minimum absolute atomic E-state index is 0.0145. The number of carbonyl (C=O) groups is 1. The molecule has 0 aliphatic carbocycles. The summed E-state index contributed by atoms with van der Waals surface area (Å²) in [5.74, 6) is -1.02. The fourth-order valence-corrected chi connectivity index (χ4v) is 1.81. The number of carboxylic acid groups (broad SMARTS) is 1. The van der Waals surface area contributed by atoms with Gasteiger partial charge in [0.05, 0.1) is 4.90 Å². The van der Waals surface area contributed by atoms with E-state index in [2.05, 4.69) is 0 Å². The molecule has 0 saturated carbocycles. The van der Waals surface area contributed by atoms with Crippen molar-refractivity contribution in [1.29, 1.82) is 0 Å². The number of rotatable bonds is 3. The zero-order chi connectivity index (χ0) is 12.3. The van der Waals surface area contributed by atoms with Crippen molar-refractivity contribution in [2.24, 2.45) is 0 Å². The Bertz CT molecular complexity index is 528. The summed E-state index contributed by atoms with van der Waals surface area (Å²) in [7, 11) is 1.40. The number of halogens is 1. The van der Waals surface area contributed by atoms with Crippen LogP contribution in [-0.4, -0.2) is 19.5 Å². The van der Waals surface area contributed by atoms with Crippen LogP contribution < -0.4 is 0 Å². The maximum absolute atomic E-state index is 10.9. The van der Waals surface area contributed by atoms with Crippen LogP contribution in [0.5, 0.6) is 0 Å². The van der Waals surface area contributed by atoms with E-state index in [-0.39, 0.29) is 10.5 Å². The van der Waals surface area contributed by atoms with Crippen molar-refractivity contribution in [3.8, 4) is 0 Å². The fraction of sp³-hybridized carbons (Fsp3) is 0.100. The summed E-state index contributed by atoms with van der Waals surface area (Å²) in [6.45, 7) is 1.45. The zero-order valence-corrected chi connectivity index (χ0v) is 9.92. The van der Waals surface area contributed by atoms with Gasteiger partial charge in [-0.25, -0.2) is 13.2 Å². The highest BCUT2D eigenvalue weighted by atomic mass is 35.7. The Labute approximate surface area is 97.6 Å². The van der Waals surface area contributed by atoms with Crippen LogP contribution in [0, 0.1) is 0 Å². The monoisotopic (exact) mass is 260 g/mol. The molecule has 0 amide bonds.